The molecule has 0 aromatic heterocycles. The molecule has 1 aromatic carbocycles. The highest BCUT2D eigenvalue weighted by Gasteiger charge is 2.31. The van der Waals surface area contributed by atoms with Crippen molar-refractivity contribution in [3.8, 4) is 5.75 Å². The SMILES string of the molecule is CCCN(C(=O)CCOc1cccc(N)c1)C1CC1. The Morgan fingerprint density at radius 2 is 2.26 bits per heavy atom. The topological polar surface area (TPSA) is 55.6 Å². The monoisotopic (exact) mass is 262 g/mol. The van der Waals surface area contributed by atoms with Gasteiger partial charge in [-0.25, -0.2) is 0 Å². The van der Waals surface area contributed by atoms with Crippen LogP contribution in [-0.2, 0) is 4.79 Å². The second-order valence-corrected chi connectivity index (χ2v) is 4.99. The molecule has 0 spiro atoms. The van der Waals surface area contributed by atoms with Crippen molar-refractivity contribution >= 4 is 11.6 Å². The summed E-state index contributed by atoms with van der Waals surface area (Å²) in [5.41, 5.74) is 6.35. The van der Waals surface area contributed by atoms with Crippen molar-refractivity contribution in [3.05, 3.63) is 24.3 Å². The van der Waals surface area contributed by atoms with Gasteiger partial charge in [0.25, 0.3) is 0 Å². The first-order chi connectivity index (χ1) is 9.20. The molecule has 4 nitrogen and oxygen atoms in total. The normalized spacial score (nSPS) is 14.2. The molecule has 1 aromatic rings. The van der Waals surface area contributed by atoms with Crippen molar-refractivity contribution in [2.24, 2.45) is 0 Å². The van der Waals surface area contributed by atoms with E-state index < -0.39 is 0 Å². The Balaban J connectivity index is 1.76. The van der Waals surface area contributed by atoms with Crippen LogP contribution < -0.4 is 10.5 Å². The number of carbonyl (C=O) groups excluding carboxylic acids is 1. The number of ether oxygens (including phenoxy) is 1. The lowest BCUT2D eigenvalue weighted by Gasteiger charge is -2.21. The summed E-state index contributed by atoms with van der Waals surface area (Å²) in [7, 11) is 0. The summed E-state index contributed by atoms with van der Waals surface area (Å²) in [6, 6.07) is 7.77. The van der Waals surface area contributed by atoms with E-state index in [-0.39, 0.29) is 5.91 Å². The Hall–Kier alpha value is -1.71. The lowest BCUT2D eigenvalue weighted by Crippen LogP contribution is -2.34. The minimum atomic E-state index is 0.202. The van der Waals surface area contributed by atoms with E-state index in [1.165, 1.54) is 0 Å². The van der Waals surface area contributed by atoms with Crippen LogP contribution in [0.2, 0.25) is 0 Å². The van der Waals surface area contributed by atoms with Crippen LogP contribution in [-0.4, -0.2) is 30.0 Å². The molecule has 4 heteroatoms. The maximum atomic E-state index is 12.1. The number of nitrogen functional groups attached to an aromatic ring is 1. The van der Waals surface area contributed by atoms with Gasteiger partial charge >= 0.3 is 0 Å². The Labute approximate surface area is 114 Å². The van der Waals surface area contributed by atoms with Crippen LogP contribution in [0.4, 0.5) is 5.69 Å². The smallest absolute Gasteiger partial charge is 0.226 e. The molecule has 0 radical (unpaired) electrons. The molecule has 1 aliphatic carbocycles. The van der Waals surface area contributed by atoms with Gasteiger partial charge in [0.05, 0.1) is 13.0 Å². The predicted octanol–water partition coefficient (Wildman–Crippen LogP) is 2.44. The largest absolute Gasteiger partial charge is 0.493 e. The van der Waals surface area contributed by atoms with Crippen LogP contribution in [0.15, 0.2) is 24.3 Å². The standard InChI is InChI=1S/C15H22N2O2/c1-2-9-17(13-6-7-13)15(18)8-10-19-14-5-3-4-12(16)11-14/h3-5,11,13H,2,6-10,16H2,1H3. The molecule has 0 atom stereocenters. The second kappa shape index (κ2) is 6.45. The van der Waals surface area contributed by atoms with E-state index in [2.05, 4.69) is 6.92 Å². The van der Waals surface area contributed by atoms with Crippen LogP contribution in [0.5, 0.6) is 5.75 Å². The summed E-state index contributed by atoms with van der Waals surface area (Å²) in [4.78, 5) is 14.1. The highest BCUT2D eigenvalue weighted by Crippen LogP contribution is 2.27. The minimum absolute atomic E-state index is 0.202. The van der Waals surface area contributed by atoms with E-state index in [1.54, 1.807) is 6.07 Å². The van der Waals surface area contributed by atoms with Crippen LogP contribution in [0.25, 0.3) is 0 Å². The van der Waals surface area contributed by atoms with Gasteiger partial charge < -0.3 is 15.4 Å². The summed E-state index contributed by atoms with van der Waals surface area (Å²) in [6.07, 6.45) is 3.76. The molecule has 1 fully saturated rings. The fraction of sp³-hybridized carbons (Fsp3) is 0.533. The number of benzene rings is 1. The maximum absolute atomic E-state index is 12.1. The second-order valence-electron chi connectivity index (χ2n) is 4.99. The van der Waals surface area contributed by atoms with Crippen molar-refractivity contribution in [2.45, 2.75) is 38.6 Å². The summed E-state index contributed by atoms with van der Waals surface area (Å²) < 4.78 is 5.56. The van der Waals surface area contributed by atoms with E-state index >= 15 is 0 Å². The summed E-state index contributed by atoms with van der Waals surface area (Å²) in [5, 5.41) is 0. The van der Waals surface area contributed by atoms with Crippen LogP contribution >= 0.6 is 0 Å². The summed E-state index contributed by atoms with van der Waals surface area (Å²) >= 11 is 0. The first kappa shape index (κ1) is 13.7. The molecule has 19 heavy (non-hydrogen) atoms. The fourth-order valence-corrected chi connectivity index (χ4v) is 2.14. The Morgan fingerprint density at radius 1 is 1.47 bits per heavy atom. The Kier molecular flexibility index (Phi) is 4.66. The molecular weight excluding hydrogens is 240 g/mol. The third-order valence-electron chi connectivity index (χ3n) is 3.22. The average molecular weight is 262 g/mol. The number of nitrogens with two attached hydrogens (primary N) is 1. The van der Waals surface area contributed by atoms with Crippen LogP contribution in [0.1, 0.15) is 32.6 Å². The molecule has 0 heterocycles. The van der Waals surface area contributed by atoms with E-state index in [9.17, 15) is 4.79 Å². The zero-order valence-electron chi connectivity index (χ0n) is 11.5. The van der Waals surface area contributed by atoms with Crippen molar-refractivity contribution < 1.29 is 9.53 Å². The Morgan fingerprint density at radius 3 is 2.89 bits per heavy atom. The molecule has 2 rings (SSSR count). The molecule has 1 saturated carbocycles. The van der Waals surface area contributed by atoms with Crippen molar-refractivity contribution in [2.75, 3.05) is 18.9 Å². The molecule has 104 valence electrons. The number of nitrogens with zero attached hydrogens (tertiary/aromatic N) is 1. The number of carbonyl (C=O) groups is 1. The van der Waals surface area contributed by atoms with Crippen molar-refractivity contribution in [3.63, 3.8) is 0 Å². The van der Waals surface area contributed by atoms with E-state index in [1.807, 2.05) is 23.1 Å². The lowest BCUT2D eigenvalue weighted by atomic mass is 10.3. The molecule has 0 unspecified atom stereocenters. The average Bonchev–Trinajstić information content (AvgIpc) is 3.20. The van der Waals surface area contributed by atoms with Crippen LogP contribution in [0.3, 0.4) is 0 Å². The number of anilines is 1. The van der Waals surface area contributed by atoms with Crippen molar-refractivity contribution in [1.29, 1.82) is 0 Å². The first-order valence-corrected chi connectivity index (χ1v) is 6.98. The van der Waals surface area contributed by atoms with Crippen molar-refractivity contribution in [1.82, 2.24) is 4.90 Å². The van der Waals surface area contributed by atoms with Gasteiger partial charge in [0.2, 0.25) is 5.91 Å². The van der Waals surface area contributed by atoms with Gasteiger partial charge in [-0.3, -0.25) is 4.79 Å². The first-order valence-electron chi connectivity index (χ1n) is 6.98. The predicted molar refractivity (Wildman–Crippen MR) is 76.0 cm³/mol. The lowest BCUT2D eigenvalue weighted by molar-refractivity contribution is -0.132. The summed E-state index contributed by atoms with van der Waals surface area (Å²) in [6.45, 7) is 3.38. The maximum Gasteiger partial charge on any atom is 0.226 e. The van der Waals surface area contributed by atoms with Gasteiger partial charge in [0.1, 0.15) is 5.75 Å². The van der Waals surface area contributed by atoms with Gasteiger partial charge in [-0.05, 0) is 31.4 Å². The quantitative estimate of drug-likeness (QED) is 0.768. The molecule has 2 N–H and O–H groups in total. The molecule has 0 saturated heterocycles. The Bertz CT molecular complexity index is 430. The highest BCUT2D eigenvalue weighted by atomic mass is 16.5. The molecule has 1 aliphatic rings. The minimum Gasteiger partial charge on any atom is -0.493 e. The van der Waals surface area contributed by atoms with E-state index in [0.29, 0.717) is 24.8 Å². The number of amides is 1. The highest BCUT2D eigenvalue weighted by molar-refractivity contribution is 5.77. The van der Waals surface area contributed by atoms with Gasteiger partial charge in [0.15, 0.2) is 0 Å². The summed E-state index contributed by atoms with van der Waals surface area (Å²) in [5.74, 6) is 0.925. The van der Waals surface area contributed by atoms with Crippen LogP contribution in [0, 0.1) is 0 Å². The van der Waals surface area contributed by atoms with Gasteiger partial charge in [-0.15, -0.1) is 0 Å². The molecular formula is C15H22N2O2. The number of hydrogen-bond acceptors (Lipinski definition) is 3. The van der Waals surface area contributed by atoms with E-state index in [4.69, 9.17) is 10.5 Å². The number of rotatable bonds is 7. The zero-order chi connectivity index (χ0) is 13.7. The van der Waals surface area contributed by atoms with Gasteiger partial charge in [-0.1, -0.05) is 13.0 Å². The van der Waals surface area contributed by atoms with Gasteiger partial charge in [-0.2, -0.15) is 0 Å². The molecule has 1 amide bonds. The van der Waals surface area contributed by atoms with E-state index in [0.717, 1.165) is 31.6 Å². The third kappa shape index (κ3) is 4.16. The third-order valence-corrected chi connectivity index (χ3v) is 3.22. The molecule has 0 bridgehead atoms. The zero-order valence-corrected chi connectivity index (χ0v) is 11.5. The molecule has 0 aliphatic heterocycles. The number of hydrogen-bond donors (Lipinski definition) is 1. The fourth-order valence-electron chi connectivity index (χ4n) is 2.14. The van der Waals surface area contributed by atoms with Gasteiger partial charge in [0, 0.05) is 24.3 Å².